The smallest absolute Gasteiger partial charge is 0.326 e. The van der Waals surface area contributed by atoms with Crippen LogP contribution in [0.15, 0.2) is 36.0 Å². The fraction of sp³-hybridized carbons (Fsp3) is 0.353. The molecule has 1 atom stereocenters. The second kappa shape index (κ2) is 9.20. The van der Waals surface area contributed by atoms with Gasteiger partial charge < -0.3 is 20.5 Å². The largest absolute Gasteiger partial charge is 0.494 e. The number of aliphatic carboxylic acids is 1. The van der Waals surface area contributed by atoms with E-state index in [0.29, 0.717) is 18.0 Å². The summed E-state index contributed by atoms with van der Waals surface area (Å²) in [4.78, 5) is 23.2. The molecule has 7 heteroatoms. The van der Waals surface area contributed by atoms with E-state index in [2.05, 4.69) is 10.6 Å². The van der Waals surface area contributed by atoms with Gasteiger partial charge in [-0.25, -0.2) is 4.79 Å². The Bertz CT molecular complexity index is 645. The third-order valence-corrected chi connectivity index (χ3v) is 3.13. The minimum absolute atomic E-state index is 0.201. The van der Waals surface area contributed by atoms with E-state index in [1.165, 1.54) is 0 Å². The Morgan fingerprint density at radius 1 is 1.33 bits per heavy atom. The van der Waals surface area contributed by atoms with Crippen molar-refractivity contribution in [1.29, 1.82) is 5.26 Å². The Morgan fingerprint density at radius 3 is 2.42 bits per heavy atom. The van der Waals surface area contributed by atoms with Crippen molar-refractivity contribution in [1.82, 2.24) is 5.32 Å². The molecule has 0 aliphatic carbocycles. The molecule has 0 heterocycles. The molecule has 7 nitrogen and oxygen atoms in total. The molecule has 1 aromatic carbocycles. The number of anilines is 1. The van der Waals surface area contributed by atoms with E-state index in [1.54, 1.807) is 44.2 Å². The first-order valence-electron chi connectivity index (χ1n) is 7.52. The number of nitrogens with one attached hydrogen (secondary N) is 2. The zero-order valence-corrected chi connectivity index (χ0v) is 13.9. The molecule has 128 valence electrons. The molecular weight excluding hydrogens is 310 g/mol. The predicted molar refractivity (Wildman–Crippen MR) is 89.3 cm³/mol. The minimum atomic E-state index is -1.05. The van der Waals surface area contributed by atoms with Crippen LogP contribution in [-0.4, -0.2) is 29.6 Å². The SMILES string of the molecule is CCOc1ccc(NC(=O)/C(C#N)=C\NC(C(=O)O)C(C)C)cc1. The van der Waals surface area contributed by atoms with E-state index >= 15 is 0 Å². The topological polar surface area (TPSA) is 111 Å². The van der Waals surface area contributed by atoms with Gasteiger partial charge in [0.05, 0.1) is 6.61 Å². The van der Waals surface area contributed by atoms with Gasteiger partial charge in [-0.1, -0.05) is 13.8 Å². The van der Waals surface area contributed by atoms with Gasteiger partial charge in [0.1, 0.15) is 23.4 Å². The number of benzene rings is 1. The van der Waals surface area contributed by atoms with E-state index in [1.807, 2.05) is 6.92 Å². The average molecular weight is 331 g/mol. The molecular formula is C17H21N3O4. The maximum atomic E-state index is 12.1. The van der Waals surface area contributed by atoms with Gasteiger partial charge in [-0.3, -0.25) is 4.79 Å². The van der Waals surface area contributed by atoms with Crippen molar-refractivity contribution in [2.24, 2.45) is 5.92 Å². The molecule has 0 bridgehead atoms. The van der Waals surface area contributed by atoms with Crippen LogP contribution in [-0.2, 0) is 9.59 Å². The van der Waals surface area contributed by atoms with E-state index in [9.17, 15) is 9.59 Å². The third kappa shape index (κ3) is 5.65. The molecule has 3 N–H and O–H groups in total. The number of hydrogen-bond acceptors (Lipinski definition) is 5. The highest BCUT2D eigenvalue weighted by Crippen LogP contribution is 2.16. The van der Waals surface area contributed by atoms with Gasteiger partial charge in [0.25, 0.3) is 5.91 Å². The molecule has 0 saturated carbocycles. The number of nitrogens with zero attached hydrogens (tertiary/aromatic N) is 1. The molecule has 0 spiro atoms. The fourth-order valence-corrected chi connectivity index (χ4v) is 1.87. The van der Waals surface area contributed by atoms with Gasteiger partial charge in [0.2, 0.25) is 0 Å². The van der Waals surface area contributed by atoms with Crippen LogP contribution < -0.4 is 15.4 Å². The Balaban J connectivity index is 2.77. The third-order valence-electron chi connectivity index (χ3n) is 3.13. The molecule has 0 saturated heterocycles. The van der Waals surface area contributed by atoms with Crippen molar-refractivity contribution in [3.05, 3.63) is 36.0 Å². The van der Waals surface area contributed by atoms with Crippen LogP contribution in [0.3, 0.4) is 0 Å². The van der Waals surface area contributed by atoms with Crippen LogP contribution in [0, 0.1) is 17.2 Å². The van der Waals surface area contributed by atoms with E-state index in [4.69, 9.17) is 15.1 Å². The molecule has 24 heavy (non-hydrogen) atoms. The molecule has 1 unspecified atom stereocenters. The molecule has 0 radical (unpaired) electrons. The summed E-state index contributed by atoms with van der Waals surface area (Å²) >= 11 is 0. The van der Waals surface area contributed by atoms with Crippen LogP contribution in [0.5, 0.6) is 5.75 Å². The summed E-state index contributed by atoms with van der Waals surface area (Å²) in [5.41, 5.74) is 0.291. The summed E-state index contributed by atoms with van der Waals surface area (Å²) < 4.78 is 5.30. The fourth-order valence-electron chi connectivity index (χ4n) is 1.87. The lowest BCUT2D eigenvalue weighted by Crippen LogP contribution is -2.38. The van der Waals surface area contributed by atoms with Crippen LogP contribution in [0.1, 0.15) is 20.8 Å². The average Bonchev–Trinajstić information content (AvgIpc) is 2.52. The highest BCUT2D eigenvalue weighted by Gasteiger charge is 2.20. The normalized spacial score (nSPS) is 12.2. The zero-order valence-electron chi connectivity index (χ0n) is 13.9. The first kappa shape index (κ1) is 19.0. The number of carboxylic acids is 1. The number of amides is 1. The van der Waals surface area contributed by atoms with Crippen molar-refractivity contribution in [2.45, 2.75) is 26.8 Å². The molecule has 0 aliphatic rings. The van der Waals surface area contributed by atoms with Gasteiger partial charge in [-0.15, -0.1) is 0 Å². The summed E-state index contributed by atoms with van der Waals surface area (Å²) in [6.07, 6.45) is 1.13. The van der Waals surface area contributed by atoms with Gasteiger partial charge >= 0.3 is 5.97 Å². The number of ether oxygens (including phenoxy) is 1. The summed E-state index contributed by atoms with van der Waals surface area (Å²) in [6.45, 7) is 5.87. The second-order valence-corrected chi connectivity index (χ2v) is 5.31. The lowest BCUT2D eigenvalue weighted by molar-refractivity contribution is -0.140. The van der Waals surface area contributed by atoms with Gasteiger partial charge in [-0.2, -0.15) is 5.26 Å². The maximum absolute atomic E-state index is 12.1. The number of rotatable bonds is 8. The first-order valence-corrected chi connectivity index (χ1v) is 7.52. The van der Waals surface area contributed by atoms with Crippen molar-refractivity contribution in [3.8, 4) is 11.8 Å². The summed E-state index contributed by atoms with van der Waals surface area (Å²) in [6, 6.07) is 7.58. The molecule has 0 aliphatic heterocycles. The van der Waals surface area contributed by atoms with Gasteiger partial charge in [0, 0.05) is 11.9 Å². The predicted octanol–water partition coefficient (Wildman–Crippen LogP) is 2.13. The first-order chi connectivity index (χ1) is 11.4. The lowest BCUT2D eigenvalue weighted by Gasteiger charge is -2.16. The Kier molecular flexibility index (Phi) is 7.30. The van der Waals surface area contributed by atoms with E-state index in [-0.39, 0.29) is 11.5 Å². The number of carbonyl (C=O) groups is 2. The minimum Gasteiger partial charge on any atom is -0.494 e. The van der Waals surface area contributed by atoms with Crippen molar-refractivity contribution in [3.63, 3.8) is 0 Å². The maximum Gasteiger partial charge on any atom is 0.326 e. The summed E-state index contributed by atoms with van der Waals surface area (Å²) in [5.74, 6) is -1.20. The number of carbonyl (C=O) groups excluding carboxylic acids is 1. The van der Waals surface area contributed by atoms with Crippen molar-refractivity contribution in [2.75, 3.05) is 11.9 Å². The quantitative estimate of drug-likeness (QED) is 0.497. The highest BCUT2D eigenvalue weighted by atomic mass is 16.5. The number of hydrogen-bond donors (Lipinski definition) is 3. The van der Waals surface area contributed by atoms with Crippen LogP contribution in [0.25, 0.3) is 0 Å². The van der Waals surface area contributed by atoms with Gasteiger partial charge in [-0.05, 0) is 37.1 Å². The van der Waals surface area contributed by atoms with Crippen molar-refractivity contribution < 1.29 is 19.4 Å². The monoisotopic (exact) mass is 331 g/mol. The molecule has 1 amide bonds. The second-order valence-electron chi connectivity index (χ2n) is 5.31. The van der Waals surface area contributed by atoms with Crippen molar-refractivity contribution >= 4 is 17.6 Å². The Labute approximate surface area is 140 Å². The van der Waals surface area contributed by atoms with Crippen LogP contribution >= 0.6 is 0 Å². The standard InChI is InChI=1S/C17H21N3O4/c1-4-24-14-7-5-13(6-8-14)20-16(21)12(9-18)10-19-15(11(2)3)17(22)23/h5-8,10-11,15,19H,4H2,1-3H3,(H,20,21)(H,22,23)/b12-10-. The molecule has 1 aromatic rings. The molecule has 0 aromatic heterocycles. The number of nitriles is 1. The zero-order chi connectivity index (χ0) is 18.1. The molecule has 0 fully saturated rings. The lowest BCUT2D eigenvalue weighted by atomic mass is 10.1. The summed E-state index contributed by atoms with van der Waals surface area (Å²) in [5, 5.41) is 23.3. The van der Waals surface area contributed by atoms with Crippen LogP contribution in [0.2, 0.25) is 0 Å². The number of carboxylic acid groups (broad SMARTS) is 1. The van der Waals surface area contributed by atoms with E-state index < -0.39 is 17.9 Å². The van der Waals surface area contributed by atoms with E-state index in [0.717, 1.165) is 6.20 Å². The van der Waals surface area contributed by atoms with Crippen LogP contribution in [0.4, 0.5) is 5.69 Å². The summed E-state index contributed by atoms with van der Waals surface area (Å²) in [7, 11) is 0. The Hall–Kier alpha value is -3.01. The highest BCUT2D eigenvalue weighted by molar-refractivity contribution is 6.06. The Morgan fingerprint density at radius 2 is 1.96 bits per heavy atom. The molecule has 1 rings (SSSR count). The van der Waals surface area contributed by atoms with Gasteiger partial charge in [0.15, 0.2) is 0 Å².